The highest BCUT2D eigenvalue weighted by molar-refractivity contribution is 5.97. The fourth-order valence-electron chi connectivity index (χ4n) is 3.13. The molecule has 1 amide bonds. The Balaban J connectivity index is 1.84. The molecular formula is C22H21FN2O. The van der Waals surface area contributed by atoms with Gasteiger partial charge in [0.25, 0.3) is 5.91 Å². The monoisotopic (exact) mass is 348 g/mol. The van der Waals surface area contributed by atoms with Crippen LogP contribution in [0.1, 0.15) is 29.3 Å². The lowest BCUT2D eigenvalue weighted by Crippen LogP contribution is -2.47. The van der Waals surface area contributed by atoms with E-state index < -0.39 is 11.4 Å². The first-order chi connectivity index (χ1) is 12.5. The Kier molecular flexibility index (Phi) is 5.12. The van der Waals surface area contributed by atoms with E-state index in [-0.39, 0.29) is 11.4 Å². The minimum Gasteiger partial charge on any atom is -0.346 e. The molecule has 3 rings (SSSR count). The lowest BCUT2D eigenvalue weighted by atomic mass is 9.89. The van der Waals surface area contributed by atoms with Gasteiger partial charge in [-0.1, -0.05) is 48.5 Å². The molecule has 132 valence electrons. The van der Waals surface area contributed by atoms with Gasteiger partial charge in [-0.2, -0.15) is 0 Å². The number of hydrogen-bond acceptors (Lipinski definition) is 2. The summed E-state index contributed by atoms with van der Waals surface area (Å²) in [7, 11) is 0. The van der Waals surface area contributed by atoms with E-state index in [1.54, 1.807) is 24.3 Å². The summed E-state index contributed by atoms with van der Waals surface area (Å²) in [5.41, 5.74) is 1.33. The van der Waals surface area contributed by atoms with Crippen LogP contribution < -0.4 is 5.32 Å². The molecule has 1 heterocycles. The van der Waals surface area contributed by atoms with Gasteiger partial charge in [-0.05, 0) is 37.5 Å². The van der Waals surface area contributed by atoms with Crippen LogP contribution in [0, 0.1) is 5.82 Å². The SMILES string of the molecule is C=CC[C@](C)(Cc1ccccc1)NC(=O)c1cnc2c(F)cccc2c1. The first-order valence-corrected chi connectivity index (χ1v) is 8.52. The molecule has 0 saturated carbocycles. The van der Waals surface area contributed by atoms with Crippen LogP contribution >= 0.6 is 0 Å². The number of hydrogen-bond donors (Lipinski definition) is 1. The number of benzene rings is 2. The minimum absolute atomic E-state index is 0.232. The number of aromatic nitrogens is 1. The molecule has 0 radical (unpaired) electrons. The molecule has 0 aliphatic carbocycles. The zero-order chi connectivity index (χ0) is 18.6. The fraction of sp³-hybridized carbons (Fsp3) is 0.182. The lowest BCUT2D eigenvalue weighted by Gasteiger charge is -2.30. The van der Waals surface area contributed by atoms with E-state index >= 15 is 0 Å². The maximum absolute atomic E-state index is 13.8. The molecule has 0 unspecified atom stereocenters. The summed E-state index contributed by atoms with van der Waals surface area (Å²) in [5, 5.41) is 3.70. The lowest BCUT2D eigenvalue weighted by molar-refractivity contribution is 0.0906. The van der Waals surface area contributed by atoms with Crippen molar-refractivity contribution in [3.63, 3.8) is 0 Å². The average molecular weight is 348 g/mol. The van der Waals surface area contributed by atoms with Gasteiger partial charge in [0.1, 0.15) is 11.3 Å². The molecule has 1 aromatic heterocycles. The van der Waals surface area contributed by atoms with Crippen LogP contribution in [-0.2, 0) is 6.42 Å². The number of nitrogens with zero attached hydrogens (tertiary/aromatic N) is 1. The molecule has 0 saturated heterocycles. The second kappa shape index (κ2) is 7.48. The van der Waals surface area contributed by atoms with Gasteiger partial charge in [-0.25, -0.2) is 4.39 Å². The maximum atomic E-state index is 13.8. The van der Waals surface area contributed by atoms with Crippen molar-refractivity contribution in [2.75, 3.05) is 0 Å². The number of carbonyl (C=O) groups excluding carboxylic acids is 1. The molecule has 1 N–H and O–H groups in total. The Bertz CT molecular complexity index is 939. The second-order valence-corrected chi connectivity index (χ2v) is 6.71. The van der Waals surface area contributed by atoms with Crippen LogP contribution in [0.15, 0.2) is 73.4 Å². The third-order valence-corrected chi connectivity index (χ3v) is 4.37. The quantitative estimate of drug-likeness (QED) is 0.657. The third-order valence-electron chi connectivity index (χ3n) is 4.37. The zero-order valence-corrected chi connectivity index (χ0v) is 14.7. The van der Waals surface area contributed by atoms with Gasteiger partial charge in [0.15, 0.2) is 0 Å². The smallest absolute Gasteiger partial charge is 0.253 e. The molecule has 0 aliphatic heterocycles. The molecule has 3 nitrogen and oxygen atoms in total. The van der Waals surface area contributed by atoms with Gasteiger partial charge in [-0.15, -0.1) is 6.58 Å². The van der Waals surface area contributed by atoms with E-state index in [9.17, 15) is 9.18 Å². The predicted octanol–water partition coefficient (Wildman–Crippen LogP) is 4.68. The Labute approximate surface area is 152 Å². The van der Waals surface area contributed by atoms with Crippen LogP contribution in [0.4, 0.5) is 4.39 Å². The molecule has 0 spiro atoms. The molecule has 2 aromatic carbocycles. The van der Waals surface area contributed by atoms with Gasteiger partial charge in [0.05, 0.1) is 5.56 Å². The highest BCUT2D eigenvalue weighted by Gasteiger charge is 2.26. The summed E-state index contributed by atoms with van der Waals surface area (Å²) < 4.78 is 13.8. The molecule has 0 fully saturated rings. The number of pyridine rings is 1. The summed E-state index contributed by atoms with van der Waals surface area (Å²) in [5.74, 6) is -0.626. The number of halogens is 1. The van der Waals surface area contributed by atoms with E-state index in [4.69, 9.17) is 0 Å². The first-order valence-electron chi connectivity index (χ1n) is 8.52. The van der Waals surface area contributed by atoms with Crippen molar-refractivity contribution in [1.82, 2.24) is 10.3 Å². The van der Waals surface area contributed by atoms with Gasteiger partial charge in [-0.3, -0.25) is 9.78 Å². The van der Waals surface area contributed by atoms with Gasteiger partial charge < -0.3 is 5.32 Å². The Hall–Kier alpha value is -3.01. The van der Waals surface area contributed by atoms with E-state index in [1.165, 1.54) is 12.3 Å². The number of rotatable bonds is 6. The minimum atomic E-state index is -0.475. The van der Waals surface area contributed by atoms with Crippen LogP contribution in [-0.4, -0.2) is 16.4 Å². The number of para-hydroxylation sites is 1. The number of carbonyl (C=O) groups is 1. The van der Waals surface area contributed by atoms with E-state index in [2.05, 4.69) is 16.9 Å². The van der Waals surface area contributed by atoms with Crippen molar-refractivity contribution in [3.8, 4) is 0 Å². The predicted molar refractivity (Wildman–Crippen MR) is 103 cm³/mol. The van der Waals surface area contributed by atoms with Crippen molar-refractivity contribution in [3.05, 3.63) is 90.4 Å². The molecule has 0 aliphatic rings. The molecule has 26 heavy (non-hydrogen) atoms. The van der Waals surface area contributed by atoms with Crippen LogP contribution in [0.25, 0.3) is 10.9 Å². The molecule has 4 heteroatoms. The topological polar surface area (TPSA) is 42.0 Å². The van der Waals surface area contributed by atoms with Crippen molar-refractivity contribution >= 4 is 16.8 Å². The summed E-state index contributed by atoms with van der Waals surface area (Å²) in [4.78, 5) is 16.9. The average Bonchev–Trinajstić information content (AvgIpc) is 2.62. The summed E-state index contributed by atoms with van der Waals surface area (Å²) >= 11 is 0. The maximum Gasteiger partial charge on any atom is 0.253 e. The van der Waals surface area contributed by atoms with Crippen molar-refractivity contribution in [2.45, 2.75) is 25.3 Å². The van der Waals surface area contributed by atoms with Gasteiger partial charge in [0.2, 0.25) is 0 Å². The second-order valence-electron chi connectivity index (χ2n) is 6.71. The normalized spacial score (nSPS) is 13.2. The number of nitrogens with one attached hydrogen (secondary N) is 1. The number of fused-ring (bicyclic) bond motifs is 1. The molecule has 0 bridgehead atoms. The Morgan fingerprint density at radius 1 is 1.23 bits per heavy atom. The Morgan fingerprint density at radius 3 is 2.73 bits per heavy atom. The van der Waals surface area contributed by atoms with Crippen molar-refractivity contribution in [1.29, 1.82) is 0 Å². The molecule has 1 atom stereocenters. The molecule has 3 aromatic rings. The highest BCUT2D eigenvalue weighted by atomic mass is 19.1. The van der Waals surface area contributed by atoms with Crippen LogP contribution in [0.2, 0.25) is 0 Å². The fourth-order valence-corrected chi connectivity index (χ4v) is 3.13. The molecular weight excluding hydrogens is 327 g/mol. The zero-order valence-electron chi connectivity index (χ0n) is 14.7. The summed E-state index contributed by atoms with van der Waals surface area (Å²) in [6.45, 7) is 5.81. The highest BCUT2D eigenvalue weighted by Crippen LogP contribution is 2.20. The van der Waals surface area contributed by atoms with Crippen molar-refractivity contribution < 1.29 is 9.18 Å². The Morgan fingerprint density at radius 2 is 2.00 bits per heavy atom. The van der Waals surface area contributed by atoms with Crippen LogP contribution in [0.5, 0.6) is 0 Å². The van der Waals surface area contributed by atoms with Crippen molar-refractivity contribution in [2.24, 2.45) is 0 Å². The van der Waals surface area contributed by atoms with Gasteiger partial charge >= 0.3 is 0 Å². The largest absolute Gasteiger partial charge is 0.346 e. The first kappa shape index (κ1) is 17.8. The standard InChI is InChI=1S/C22H21FN2O/c1-3-12-22(2,14-16-8-5-4-6-9-16)25-21(26)18-13-17-10-7-11-19(23)20(17)24-15-18/h3-11,13,15H,1,12,14H2,2H3,(H,25,26)/t22-/m1/s1. The van der Waals surface area contributed by atoms with E-state index in [0.717, 1.165) is 5.56 Å². The van der Waals surface area contributed by atoms with E-state index in [1.807, 2.05) is 37.3 Å². The van der Waals surface area contributed by atoms with E-state index in [0.29, 0.717) is 23.8 Å². The third kappa shape index (κ3) is 3.97. The summed E-state index contributed by atoms with van der Waals surface area (Å²) in [6.07, 6.45) is 4.53. The van der Waals surface area contributed by atoms with Gasteiger partial charge in [0, 0.05) is 17.1 Å². The summed E-state index contributed by atoms with van der Waals surface area (Å²) in [6, 6.07) is 16.4. The van der Waals surface area contributed by atoms with Crippen LogP contribution in [0.3, 0.4) is 0 Å². The number of amides is 1.